The maximum Gasteiger partial charge on any atom is 0.147 e. The van der Waals surface area contributed by atoms with E-state index in [1.807, 2.05) is 0 Å². The van der Waals surface area contributed by atoms with Crippen LogP contribution in [0.5, 0.6) is 0 Å². The van der Waals surface area contributed by atoms with Gasteiger partial charge in [-0.2, -0.15) is 0 Å². The Morgan fingerprint density at radius 3 is 2.62 bits per heavy atom. The number of hydrogen-bond donors (Lipinski definition) is 1. The van der Waals surface area contributed by atoms with E-state index in [0.717, 1.165) is 31.9 Å². The van der Waals surface area contributed by atoms with Crippen LogP contribution in [0.2, 0.25) is 5.15 Å². The van der Waals surface area contributed by atoms with Crippen molar-refractivity contribution in [3.05, 3.63) is 23.2 Å². The zero-order chi connectivity index (χ0) is 11.4. The molecule has 2 heterocycles. The summed E-state index contributed by atoms with van der Waals surface area (Å²) in [5.41, 5.74) is 6.64. The second-order valence-electron chi connectivity index (χ2n) is 4.29. The zero-order valence-corrected chi connectivity index (χ0v) is 10.0. The van der Waals surface area contributed by atoms with E-state index in [4.69, 9.17) is 17.3 Å². The van der Waals surface area contributed by atoms with Crippen LogP contribution in [-0.4, -0.2) is 34.5 Å². The number of nitrogens with zero attached hydrogens (tertiary/aromatic N) is 3. The molecule has 16 heavy (non-hydrogen) atoms. The van der Waals surface area contributed by atoms with Gasteiger partial charge in [0.05, 0.1) is 18.1 Å². The summed E-state index contributed by atoms with van der Waals surface area (Å²) in [6.45, 7) is 3.88. The number of halogens is 1. The monoisotopic (exact) mass is 240 g/mol. The highest BCUT2D eigenvalue weighted by Gasteiger charge is 2.18. The summed E-state index contributed by atoms with van der Waals surface area (Å²) in [5, 5.41) is 0.450. The van der Waals surface area contributed by atoms with E-state index in [0.29, 0.717) is 11.1 Å². The Bertz CT molecular complexity index is 319. The summed E-state index contributed by atoms with van der Waals surface area (Å²) in [5.74, 6) is 0.701. The highest BCUT2D eigenvalue weighted by Crippen LogP contribution is 2.17. The Morgan fingerprint density at radius 1 is 1.31 bits per heavy atom. The standard InChI is InChI=1S/C11H17ClN4/c12-11-7-14-10(6-15-11)8-16-3-1-9(5-13)2-4-16/h6-7,9H,1-5,8,13H2. The molecule has 0 aliphatic carbocycles. The molecule has 0 atom stereocenters. The first-order chi connectivity index (χ1) is 7.78. The zero-order valence-electron chi connectivity index (χ0n) is 9.27. The average molecular weight is 241 g/mol. The molecule has 1 aliphatic heterocycles. The Morgan fingerprint density at radius 2 is 2.06 bits per heavy atom. The van der Waals surface area contributed by atoms with Crippen LogP contribution in [0.15, 0.2) is 12.4 Å². The molecule has 0 aromatic carbocycles. The quantitative estimate of drug-likeness (QED) is 0.866. The van der Waals surface area contributed by atoms with Crippen LogP contribution in [0.3, 0.4) is 0 Å². The van der Waals surface area contributed by atoms with Crippen molar-refractivity contribution < 1.29 is 0 Å². The highest BCUT2D eigenvalue weighted by molar-refractivity contribution is 6.29. The van der Waals surface area contributed by atoms with Crippen molar-refractivity contribution in [1.29, 1.82) is 0 Å². The SMILES string of the molecule is NCC1CCN(Cc2cnc(Cl)cn2)CC1. The van der Waals surface area contributed by atoms with Crippen LogP contribution in [0.1, 0.15) is 18.5 Å². The lowest BCUT2D eigenvalue weighted by Gasteiger charge is -2.30. The van der Waals surface area contributed by atoms with Gasteiger partial charge in [0.1, 0.15) is 5.15 Å². The Balaban J connectivity index is 1.84. The molecular formula is C11H17ClN4. The smallest absolute Gasteiger partial charge is 0.147 e. The summed E-state index contributed by atoms with van der Waals surface area (Å²) >= 11 is 5.69. The third-order valence-electron chi connectivity index (χ3n) is 3.10. The Hall–Kier alpha value is -0.710. The summed E-state index contributed by atoms with van der Waals surface area (Å²) in [4.78, 5) is 10.7. The molecule has 2 N–H and O–H groups in total. The fourth-order valence-electron chi connectivity index (χ4n) is 2.03. The van der Waals surface area contributed by atoms with E-state index in [1.54, 1.807) is 12.4 Å². The van der Waals surface area contributed by atoms with Gasteiger partial charge in [0.25, 0.3) is 0 Å². The van der Waals surface area contributed by atoms with Gasteiger partial charge >= 0.3 is 0 Å². The van der Waals surface area contributed by atoms with Crippen LogP contribution in [-0.2, 0) is 6.54 Å². The van der Waals surface area contributed by atoms with Crippen molar-refractivity contribution in [3.63, 3.8) is 0 Å². The molecule has 1 aromatic rings. The van der Waals surface area contributed by atoms with Crippen molar-refractivity contribution in [2.45, 2.75) is 19.4 Å². The molecule has 5 heteroatoms. The third kappa shape index (κ3) is 3.14. The number of rotatable bonds is 3. The number of hydrogen-bond acceptors (Lipinski definition) is 4. The molecule has 1 fully saturated rings. The molecule has 1 aliphatic rings. The number of aromatic nitrogens is 2. The molecular weight excluding hydrogens is 224 g/mol. The van der Waals surface area contributed by atoms with E-state index >= 15 is 0 Å². The second-order valence-corrected chi connectivity index (χ2v) is 4.67. The first kappa shape index (κ1) is 11.8. The predicted molar refractivity (Wildman–Crippen MR) is 64.1 cm³/mol. The lowest BCUT2D eigenvalue weighted by atomic mass is 9.97. The van der Waals surface area contributed by atoms with Gasteiger partial charge in [-0.1, -0.05) is 11.6 Å². The minimum atomic E-state index is 0.450. The molecule has 0 bridgehead atoms. The van der Waals surface area contributed by atoms with Gasteiger partial charge < -0.3 is 5.73 Å². The molecule has 0 radical (unpaired) electrons. The molecule has 1 saturated heterocycles. The van der Waals surface area contributed by atoms with Gasteiger partial charge in [0.2, 0.25) is 0 Å². The number of piperidine rings is 1. The molecule has 2 rings (SSSR count). The fraction of sp³-hybridized carbons (Fsp3) is 0.636. The van der Waals surface area contributed by atoms with Crippen molar-refractivity contribution >= 4 is 11.6 Å². The normalized spacial score (nSPS) is 18.9. The van der Waals surface area contributed by atoms with Crippen molar-refractivity contribution in [1.82, 2.24) is 14.9 Å². The van der Waals surface area contributed by atoms with Crippen molar-refractivity contribution in [3.8, 4) is 0 Å². The van der Waals surface area contributed by atoms with Gasteiger partial charge in [0.15, 0.2) is 0 Å². The first-order valence-electron chi connectivity index (χ1n) is 5.67. The average Bonchev–Trinajstić information content (AvgIpc) is 2.33. The first-order valence-corrected chi connectivity index (χ1v) is 6.04. The number of nitrogens with two attached hydrogens (primary N) is 1. The summed E-state index contributed by atoms with van der Waals surface area (Å²) < 4.78 is 0. The third-order valence-corrected chi connectivity index (χ3v) is 3.30. The molecule has 0 saturated carbocycles. The maximum absolute atomic E-state index is 5.69. The highest BCUT2D eigenvalue weighted by atomic mass is 35.5. The van der Waals surface area contributed by atoms with Crippen LogP contribution in [0, 0.1) is 5.92 Å². The van der Waals surface area contributed by atoms with Crippen LogP contribution < -0.4 is 5.73 Å². The summed E-state index contributed by atoms with van der Waals surface area (Å²) in [6, 6.07) is 0. The van der Waals surface area contributed by atoms with Crippen molar-refractivity contribution in [2.24, 2.45) is 11.7 Å². The van der Waals surface area contributed by atoms with E-state index in [2.05, 4.69) is 14.9 Å². The predicted octanol–water partition coefficient (Wildman–Crippen LogP) is 1.30. The fourth-order valence-corrected chi connectivity index (χ4v) is 2.13. The lowest BCUT2D eigenvalue weighted by molar-refractivity contribution is 0.178. The minimum Gasteiger partial charge on any atom is -0.330 e. The van der Waals surface area contributed by atoms with Crippen LogP contribution >= 0.6 is 11.6 Å². The molecule has 0 spiro atoms. The van der Waals surface area contributed by atoms with Gasteiger partial charge in [0, 0.05) is 6.54 Å². The van der Waals surface area contributed by atoms with Crippen molar-refractivity contribution in [2.75, 3.05) is 19.6 Å². The van der Waals surface area contributed by atoms with E-state index < -0.39 is 0 Å². The van der Waals surface area contributed by atoms with E-state index in [9.17, 15) is 0 Å². The lowest BCUT2D eigenvalue weighted by Crippen LogP contribution is -2.35. The minimum absolute atomic E-state index is 0.450. The summed E-state index contributed by atoms with van der Waals surface area (Å²) in [6.07, 6.45) is 5.73. The largest absolute Gasteiger partial charge is 0.330 e. The molecule has 0 unspecified atom stereocenters. The van der Waals surface area contributed by atoms with Crippen LogP contribution in [0.4, 0.5) is 0 Å². The molecule has 1 aromatic heterocycles. The van der Waals surface area contributed by atoms with E-state index in [-0.39, 0.29) is 0 Å². The topological polar surface area (TPSA) is 55.0 Å². The maximum atomic E-state index is 5.69. The Kier molecular flexibility index (Phi) is 4.09. The molecule has 4 nitrogen and oxygen atoms in total. The molecule has 0 amide bonds. The summed E-state index contributed by atoms with van der Waals surface area (Å²) in [7, 11) is 0. The number of likely N-dealkylation sites (tertiary alicyclic amines) is 1. The van der Waals surface area contributed by atoms with Gasteiger partial charge in [-0.25, -0.2) is 4.98 Å². The Labute approximate surface area is 101 Å². The second kappa shape index (κ2) is 5.57. The van der Waals surface area contributed by atoms with Gasteiger partial charge in [-0.05, 0) is 38.4 Å². The molecule has 88 valence electrons. The van der Waals surface area contributed by atoms with Gasteiger partial charge in [-0.15, -0.1) is 0 Å². The van der Waals surface area contributed by atoms with E-state index in [1.165, 1.54) is 12.8 Å². The van der Waals surface area contributed by atoms with Gasteiger partial charge in [-0.3, -0.25) is 9.88 Å². The van der Waals surface area contributed by atoms with Crippen LogP contribution in [0.25, 0.3) is 0 Å².